The molecule has 3 heterocycles. The number of hydrogen-bond donors (Lipinski definition) is 1. The van der Waals surface area contributed by atoms with Gasteiger partial charge in [-0.3, -0.25) is 9.59 Å². The molecule has 4 rings (SSSR count). The van der Waals surface area contributed by atoms with Crippen LogP contribution in [0.4, 0.5) is 0 Å². The van der Waals surface area contributed by atoms with E-state index in [9.17, 15) is 9.59 Å². The molecule has 1 atom stereocenters. The zero-order valence-corrected chi connectivity index (χ0v) is 16.4. The normalized spacial score (nSPS) is 19.4. The molecule has 0 bridgehead atoms. The fraction of sp³-hybridized carbons (Fsp3) is 0.524. The first kappa shape index (κ1) is 18.7. The minimum atomic E-state index is -0.301. The summed E-state index contributed by atoms with van der Waals surface area (Å²) in [6, 6.07) is 8.16. The molecule has 2 aliphatic heterocycles. The quantitative estimate of drug-likeness (QED) is 0.859. The Morgan fingerprint density at radius 2 is 2.00 bits per heavy atom. The van der Waals surface area contributed by atoms with Gasteiger partial charge in [-0.25, -0.2) is 0 Å². The minimum Gasteiger partial charge on any atom is -0.348 e. The first-order chi connectivity index (χ1) is 13.6. The van der Waals surface area contributed by atoms with Crippen LogP contribution in [0.2, 0.25) is 0 Å². The van der Waals surface area contributed by atoms with Gasteiger partial charge in [0.15, 0.2) is 5.82 Å². The third-order valence-corrected chi connectivity index (χ3v) is 5.69. The lowest BCUT2D eigenvalue weighted by molar-refractivity contribution is -0.129. The molecule has 7 nitrogen and oxygen atoms in total. The van der Waals surface area contributed by atoms with Gasteiger partial charge in [-0.2, -0.15) is 0 Å². The molecule has 1 aromatic heterocycles. The first-order valence-electron chi connectivity index (χ1n) is 10.1. The number of aryl methyl sites for hydroxylation is 2. The van der Waals surface area contributed by atoms with Crippen molar-refractivity contribution < 1.29 is 9.59 Å². The van der Waals surface area contributed by atoms with Crippen LogP contribution in [0.25, 0.3) is 0 Å². The monoisotopic (exact) mass is 381 g/mol. The second kappa shape index (κ2) is 8.12. The lowest BCUT2D eigenvalue weighted by atomic mass is 10.1. The van der Waals surface area contributed by atoms with Gasteiger partial charge in [0.2, 0.25) is 11.8 Å². The maximum Gasteiger partial charge on any atom is 0.225 e. The highest BCUT2D eigenvalue weighted by atomic mass is 16.2. The summed E-state index contributed by atoms with van der Waals surface area (Å²) in [5.74, 6) is 1.49. The van der Waals surface area contributed by atoms with Crippen LogP contribution in [0, 0.1) is 12.8 Å². The van der Waals surface area contributed by atoms with Crippen molar-refractivity contribution in [1.29, 1.82) is 0 Å². The Labute approximate surface area is 165 Å². The Morgan fingerprint density at radius 1 is 1.18 bits per heavy atom. The van der Waals surface area contributed by atoms with Gasteiger partial charge in [0, 0.05) is 32.5 Å². The van der Waals surface area contributed by atoms with E-state index in [4.69, 9.17) is 0 Å². The molecule has 1 aromatic carbocycles. The number of amides is 2. The fourth-order valence-corrected chi connectivity index (χ4v) is 4.00. The molecule has 7 heteroatoms. The summed E-state index contributed by atoms with van der Waals surface area (Å²) in [6.45, 7) is 4.35. The van der Waals surface area contributed by atoms with Crippen LogP contribution in [-0.4, -0.2) is 38.0 Å². The Kier molecular flexibility index (Phi) is 5.41. The van der Waals surface area contributed by atoms with Crippen LogP contribution >= 0.6 is 0 Å². The lowest BCUT2D eigenvalue weighted by Gasteiger charge is -2.17. The SMILES string of the molecule is Cc1ccc(CN2CC(C(=O)NCc3nnc4n3CCCCC4)CC2=O)cc1. The van der Waals surface area contributed by atoms with Gasteiger partial charge in [0.1, 0.15) is 5.82 Å². The summed E-state index contributed by atoms with van der Waals surface area (Å²) in [5, 5.41) is 11.5. The Bertz CT molecular complexity index is 858. The third-order valence-electron chi connectivity index (χ3n) is 5.69. The highest BCUT2D eigenvalue weighted by Gasteiger charge is 2.34. The number of benzene rings is 1. The summed E-state index contributed by atoms with van der Waals surface area (Å²) in [7, 11) is 0. The van der Waals surface area contributed by atoms with Crippen molar-refractivity contribution in [3.05, 3.63) is 47.0 Å². The standard InChI is InChI=1S/C21H27N5O2/c1-15-6-8-16(9-7-15)13-25-14-17(11-20(25)27)21(28)22-12-19-24-23-18-5-3-2-4-10-26(18)19/h6-9,17H,2-5,10-14H2,1H3,(H,22,28). The van der Waals surface area contributed by atoms with E-state index >= 15 is 0 Å². The molecule has 0 aliphatic carbocycles. The summed E-state index contributed by atoms with van der Waals surface area (Å²) in [5.41, 5.74) is 2.28. The second-order valence-corrected chi connectivity index (χ2v) is 7.87. The molecule has 2 aromatic rings. The van der Waals surface area contributed by atoms with E-state index in [1.807, 2.05) is 31.2 Å². The van der Waals surface area contributed by atoms with Crippen molar-refractivity contribution in [2.75, 3.05) is 6.54 Å². The van der Waals surface area contributed by atoms with E-state index < -0.39 is 0 Å². The number of aromatic nitrogens is 3. The molecule has 2 aliphatic rings. The Balaban J connectivity index is 1.32. The van der Waals surface area contributed by atoms with Gasteiger partial charge in [0.05, 0.1) is 12.5 Å². The molecule has 1 saturated heterocycles. The summed E-state index contributed by atoms with van der Waals surface area (Å²) in [6.07, 6.45) is 4.69. The van der Waals surface area contributed by atoms with Crippen LogP contribution in [0.3, 0.4) is 0 Å². The molecular weight excluding hydrogens is 354 g/mol. The number of fused-ring (bicyclic) bond motifs is 1. The predicted octanol–water partition coefficient (Wildman–Crippen LogP) is 1.98. The van der Waals surface area contributed by atoms with Crippen LogP contribution in [0.1, 0.15) is 48.5 Å². The molecule has 28 heavy (non-hydrogen) atoms. The number of nitrogens with zero attached hydrogens (tertiary/aromatic N) is 4. The molecule has 0 radical (unpaired) electrons. The van der Waals surface area contributed by atoms with Gasteiger partial charge >= 0.3 is 0 Å². The second-order valence-electron chi connectivity index (χ2n) is 7.87. The van der Waals surface area contributed by atoms with E-state index in [-0.39, 0.29) is 24.2 Å². The highest BCUT2D eigenvalue weighted by molar-refractivity contribution is 5.89. The van der Waals surface area contributed by atoms with Gasteiger partial charge in [-0.15, -0.1) is 10.2 Å². The van der Waals surface area contributed by atoms with Gasteiger partial charge in [0.25, 0.3) is 0 Å². The lowest BCUT2D eigenvalue weighted by Crippen LogP contribution is -2.33. The maximum atomic E-state index is 12.6. The van der Waals surface area contributed by atoms with Crippen molar-refractivity contribution in [2.45, 2.75) is 58.7 Å². The molecule has 1 unspecified atom stereocenters. The maximum absolute atomic E-state index is 12.6. The predicted molar refractivity (Wildman–Crippen MR) is 104 cm³/mol. The molecule has 0 saturated carbocycles. The number of carbonyl (C=O) groups is 2. The van der Waals surface area contributed by atoms with E-state index in [0.29, 0.717) is 19.6 Å². The van der Waals surface area contributed by atoms with E-state index in [2.05, 4.69) is 20.1 Å². The Hall–Kier alpha value is -2.70. The average molecular weight is 381 g/mol. The highest BCUT2D eigenvalue weighted by Crippen LogP contribution is 2.21. The zero-order valence-electron chi connectivity index (χ0n) is 16.4. The fourth-order valence-electron chi connectivity index (χ4n) is 4.00. The number of hydrogen-bond acceptors (Lipinski definition) is 4. The van der Waals surface area contributed by atoms with Crippen LogP contribution in [0.5, 0.6) is 0 Å². The van der Waals surface area contributed by atoms with E-state index in [1.54, 1.807) is 4.90 Å². The zero-order chi connectivity index (χ0) is 19.5. The molecule has 148 valence electrons. The topological polar surface area (TPSA) is 80.1 Å². The van der Waals surface area contributed by atoms with Crippen molar-refractivity contribution in [2.24, 2.45) is 5.92 Å². The molecular formula is C21H27N5O2. The largest absolute Gasteiger partial charge is 0.348 e. The van der Waals surface area contributed by atoms with Crippen LogP contribution < -0.4 is 5.32 Å². The van der Waals surface area contributed by atoms with Crippen molar-refractivity contribution in [3.8, 4) is 0 Å². The van der Waals surface area contributed by atoms with Gasteiger partial charge in [-0.1, -0.05) is 36.2 Å². The first-order valence-corrected chi connectivity index (χ1v) is 10.1. The van der Waals surface area contributed by atoms with Gasteiger partial charge in [-0.05, 0) is 25.3 Å². The number of likely N-dealkylation sites (tertiary alicyclic amines) is 1. The number of rotatable bonds is 5. The number of carbonyl (C=O) groups excluding carboxylic acids is 2. The molecule has 0 spiro atoms. The summed E-state index contributed by atoms with van der Waals surface area (Å²) < 4.78 is 2.14. The molecule has 1 fully saturated rings. The Morgan fingerprint density at radius 3 is 2.82 bits per heavy atom. The van der Waals surface area contributed by atoms with Crippen molar-refractivity contribution in [3.63, 3.8) is 0 Å². The summed E-state index contributed by atoms with van der Waals surface area (Å²) in [4.78, 5) is 26.7. The molecule has 2 amide bonds. The van der Waals surface area contributed by atoms with E-state index in [1.165, 1.54) is 12.0 Å². The minimum absolute atomic E-state index is 0.0390. The smallest absolute Gasteiger partial charge is 0.225 e. The van der Waals surface area contributed by atoms with Crippen molar-refractivity contribution >= 4 is 11.8 Å². The summed E-state index contributed by atoms with van der Waals surface area (Å²) >= 11 is 0. The van der Waals surface area contributed by atoms with Gasteiger partial charge < -0.3 is 14.8 Å². The van der Waals surface area contributed by atoms with E-state index in [0.717, 1.165) is 43.0 Å². The third kappa shape index (κ3) is 4.08. The van der Waals surface area contributed by atoms with Crippen LogP contribution in [-0.2, 0) is 35.6 Å². The van der Waals surface area contributed by atoms with Crippen molar-refractivity contribution in [1.82, 2.24) is 25.0 Å². The van der Waals surface area contributed by atoms with Crippen LogP contribution in [0.15, 0.2) is 24.3 Å². The average Bonchev–Trinajstić information content (AvgIpc) is 3.16. The number of nitrogens with one attached hydrogen (secondary N) is 1. The molecule has 1 N–H and O–H groups in total.